The summed E-state index contributed by atoms with van der Waals surface area (Å²) in [5.41, 5.74) is 0. The van der Waals surface area contributed by atoms with E-state index in [1.165, 1.54) is 9.80 Å². The minimum Gasteiger partial charge on any atom is -0.465 e. The van der Waals surface area contributed by atoms with Gasteiger partial charge in [-0.15, -0.1) is 0 Å². The van der Waals surface area contributed by atoms with E-state index in [9.17, 15) is 19.2 Å². The first-order valence-corrected chi connectivity index (χ1v) is 12.6. The fraction of sp³-hybridized carbons (Fsp3) is 0.600. The highest BCUT2D eigenvalue weighted by atomic mass is 32.2. The molecule has 0 saturated carbocycles. The Bertz CT molecular complexity index is 787. The number of rotatable bonds is 10. The number of carbonyl (C=O) groups excluding carboxylic acids is 4. The lowest BCUT2D eigenvalue weighted by molar-refractivity contribution is -0.146. The van der Waals surface area contributed by atoms with Crippen LogP contribution in [0.15, 0.2) is 9.81 Å². The number of nitrogens with zero attached hydrogens (tertiary/aromatic N) is 2. The van der Waals surface area contributed by atoms with Crippen LogP contribution in [0.2, 0.25) is 0 Å². The normalized spacial score (nSPS) is 19.1. The maximum atomic E-state index is 12.9. The molecule has 32 heavy (non-hydrogen) atoms. The largest absolute Gasteiger partial charge is 0.465 e. The summed E-state index contributed by atoms with van der Waals surface area (Å²) in [7, 11) is 0. The van der Waals surface area contributed by atoms with Gasteiger partial charge in [-0.25, -0.2) is 0 Å². The molecule has 12 heteroatoms. The Morgan fingerprint density at radius 2 is 1.12 bits per heavy atom. The summed E-state index contributed by atoms with van der Waals surface area (Å²) in [4.78, 5) is 52.4. The molecule has 2 heterocycles. The van der Waals surface area contributed by atoms with E-state index in [-0.39, 0.29) is 56.2 Å². The van der Waals surface area contributed by atoms with Gasteiger partial charge in [0.15, 0.2) is 0 Å². The molecule has 2 aliphatic heterocycles. The highest BCUT2D eigenvalue weighted by Gasteiger charge is 2.42. The smallest absolute Gasteiger partial charge is 0.307 e. The first kappa shape index (κ1) is 26.7. The Labute approximate surface area is 206 Å². The zero-order valence-electron chi connectivity index (χ0n) is 18.4. The van der Waals surface area contributed by atoms with Crippen molar-refractivity contribution in [1.82, 2.24) is 9.80 Å². The lowest BCUT2D eigenvalue weighted by Crippen LogP contribution is -2.32. The van der Waals surface area contributed by atoms with Gasteiger partial charge in [0, 0.05) is 13.1 Å². The van der Waals surface area contributed by atoms with Crippen molar-refractivity contribution in [3.05, 3.63) is 9.81 Å². The van der Waals surface area contributed by atoms with Crippen molar-refractivity contribution in [2.45, 2.75) is 40.5 Å². The Hall–Kier alpha value is -1.50. The number of hydrogen-bond acceptors (Lipinski definition) is 10. The molecular weight excluding hydrogens is 492 g/mol. The summed E-state index contributed by atoms with van der Waals surface area (Å²) in [5.74, 6) is -1.27. The molecule has 2 amide bonds. The molecule has 0 aromatic heterocycles. The SMILES string of the molecule is CC(C)COC(=O)CCN1C(=O)/C(=C2/SC(=S)N(CCC(=O)OCC(C)C)C2=O)SC1=S. The quantitative estimate of drug-likeness (QED) is 0.244. The number of amides is 2. The molecule has 0 aliphatic carbocycles. The van der Waals surface area contributed by atoms with Crippen molar-refractivity contribution >= 4 is 80.4 Å². The van der Waals surface area contributed by atoms with Crippen molar-refractivity contribution in [2.24, 2.45) is 11.8 Å². The number of ether oxygens (including phenoxy) is 2. The number of thioether (sulfide) groups is 2. The van der Waals surface area contributed by atoms with Gasteiger partial charge in [0.05, 0.1) is 35.9 Å². The van der Waals surface area contributed by atoms with Crippen molar-refractivity contribution in [3.63, 3.8) is 0 Å². The summed E-state index contributed by atoms with van der Waals surface area (Å²) < 4.78 is 10.8. The van der Waals surface area contributed by atoms with E-state index in [2.05, 4.69) is 0 Å². The van der Waals surface area contributed by atoms with E-state index < -0.39 is 23.8 Å². The molecular formula is C20H26N2O6S4. The summed E-state index contributed by atoms with van der Waals surface area (Å²) in [6.07, 6.45) is 0.0117. The van der Waals surface area contributed by atoms with Gasteiger partial charge < -0.3 is 9.47 Å². The molecule has 0 aromatic carbocycles. The van der Waals surface area contributed by atoms with Crippen LogP contribution >= 0.6 is 48.0 Å². The van der Waals surface area contributed by atoms with Gasteiger partial charge in [-0.1, -0.05) is 75.7 Å². The number of esters is 2. The van der Waals surface area contributed by atoms with Gasteiger partial charge in [-0.05, 0) is 11.8 Å². The standard InChI is InChI=1S/C20H26N2O6S4/c1-11(2)9-27-13(23)5-7-21-17(25)15(31-19(21)29)16-18(26)22(20(30)32-16)8-6-14(24)28-10-12(3)4/h11-12H,5-10H2,1-4H3/b16-15-. The molecule has 2 rings (SSSR count). The van der Waals surface area contributed by atoms with Gasteiger partial charge in [0.1, 0.15) is 8.64 Å². The molecule has 2 saturated heterocycles. The molecule has 0 atom stereocenters. The molecule has 2 fully saturated rings. The average molecular weight is 519 g/mol. The van der Waals surface area contributed by atoms with Crippen LogP contribution in [0, 0.1) is 11.8 Å². The van der Waals surface area contributed by atoms with Crippen LogP contribution < -0.4 is 0 Å². The van der Waals surface area contributed by atoms with E-state index >= 15 is 0 Å². The van der Waals surface area contributed by atoms with Gasteiger partial charge in [0.25, 0.3) is 11.8 Å². The third-order valence-electron chi connectivity index (χ3n) is 4.14. The molecule has 2 aliphatic rings. The zero-order chi connectivity index (χ0) is 24.0. The van der Waals surface area contributed by atoms with E-state index in [0.717, 1.165) is 23.5 Å². The highest BCUT2D eigenvalue weighted by Crippen LogP contribution is 2.42. The molecule has 0 aromatic rings. The number of thiocarbonyl (C=S) groups is 2. The lowest BCUT2D eigenvalue weighted by atomic mass is 10.2. The maximum absolute atomic E-state index is 12.9. The second-order valence-electron chi connectivity index (χ2n) is 7.96. The molecule has 176 valence electrons. The Morgan fingerprint density at radius 3 is 1.44 bits per heavy atom. The zero-order valence-corrected chi connectivity index (χ0v) is 21.6. The van der Waals surface area contributed by atoms with Crippen LogP contribution in [-0.4, -0.2) is 68.5 Å². The van der Waals surface area contributed by atoms with Crippen LogP contribution in [0.5, 0.6) is 0 Å². The number of hydrogen-bond donors (Lipinski definition) is 0. The first-order chi connectivity index (χ1) is 15.0. The average Bonchev–Trinajstić information content (AvgIpc) is 3.16. The van der Waals surface area contributed by atoms with E-state index in [1.54, 1.807) is 0 Å². The summed E-state index contributed by atoms with van der Waals surface area (Å²) in [6.45, 7) is 8.50. The van der Waals surface area contributed by atoms with Crippen LogP contribution in [0.4, 0.5) is 0 Å². The van der Waals surface area contributed by atoms with Crippen molar-refractivity contribution in [3.8, 4) is 0 Å². The van der Waals surface area contributed by atoms with Crippen LogP contribution in [-0.2, 0) is 28.7 Å². The number of carbonyl (C=O) groups is 4. The van der Waals surface area contributed by atoms with Crippen LogP contribution in [0.1, 0.15) is 40.5 Å². The fourth-order valence-corrected chi connectivity index (χ4v) is 5.30. The second kappa shape index (κ2) is 12.1. The van der Waals surface area contributed by atoms with Crippen molar-refractivity contribution < 1.29 is 28.7 Å². The lowest BCUT2D eigenvalue weighted by Gasteiger charge is -2.15. The molecule has 0 spiro atoms. The summed E-state index contributed by atoms with van der Waals surface area (Å²) >= 11 is 12.6. The minimum atomic E-state index is -0.437. The predicted molar refractivity (Wildman–Crippen MR) is 132 cm³/mol. The van der Waals surface area contributed by atoms with Gasteiger partial charge >= 0.3 is 11.9 Å². The van der Waals surface area contributed by atoms with Crippen LogP contribution in [0.3, 0.4) is 0 Å². The topological polar surface area (TPSA) is 93.2 Å². The Morgan fingerprint density at radius 1 is 0.781 bits per heavy atom. The van der Waals surface area contributed by atoms with E-state index in [1.807, 2.05) is 27.7 Å². The third kappa shape index (κ3) is 7.26. The van der Waals surface area contributed by atoms with Crippen LogP contribution in [0.25, 0.3) is 0 Å². The van der Waals surface area contributed by atoms with Crippen molar-refractivity contribution in [2.75, 3.05) is 26.3 Å². The van der Waals surface area contributed by atoms with Gasteiger partial charge in [-0.3, -0.25) is 29.0 Å². The van der Waals surface area contributed by atoms with Gasteiger partial charge in [-0.2, -0.15) is 0 Å². The summed E-state index contributed by atoms with van der Waals surface area (Å²) in [6, 6.07) is 0. The third-order valence-corrected chi connectivity index (χ3v) is 7.16. The second-order valence-corrected chi connectivity index (χ2v) is 11.2. The Kier molecular flexibility index (Phi) is 10.1. The van der Waals surface area contributed by atoms with E-state index in [0.29, 0.717) is 13.2 Å². The maximum Gasteiger partial charge on any atom is 0.307 e. The van der Waals surface area contributed by atoms with Crippen molar-refractivity contribution in [1.29, 1.82) is 0 Å². The molecule has 0 bridgehead atoms. The van der Waals surface area contributed by atoms with E-state index in [4.69, 9.17) is 33.9 Å². The monoisotopic (exact) mass is 518 g/mol. The highest BCUT2D eigenvalue weighted by molar-refractivity contribution is 8.29. The Balaban J connectivity index is 1.99. The van der Waals surface area contributed by atoms with Gasteiger partial charge in [0.2, 0.25) is 0 Å². The predicted octanol–water partition coefficient (Wildman–Crippen LogP) is 3.10. The molecule has 0 radical (unpaired) electrons. The fourth-order valence-electron chi connectivity index (χ4n) is 2.53. The molecule has 8 nitrogen and oxygen atoms in total. The summed E-state index contributed by atoms with van der Waals surface area (Å²) in [5, 5.41) is 0. The first-order valence-electron chi connectivity index (χ1n) is 10.1. The molecule has 0 N–H and O–H groups in total. The molecule has 0 unspecified atom stereocenters. The minimum absolute atomic E-state index is 0.00584.